The number of nitrogens with one attached hydrogen (secondary N) is 2. The highest BCUT2D eigenvalue weighted by Crippen LogP contribution is 2.29. The van der Waals surface area contributed by atoms with Crippen molar-refractivity contribution in [3.63, 3.8) is 0 Å². The zero-order valence-corrected chi connectivity index (χ0v) is 17.7. The molecule has 31 heavy (non-hydrogen) atoms. The van der Waals surface area contributed by atoms with Crippen molar-refractivity contribution in [2.75, 3.05) is 51.9 Å². The molecule has 2 aliphatic heterocycles. The van der Waals surface area contributed by atoms with Gasteiger partial charge in [0.2, 0.25) is 11.7 Å². The molecule has 2 heterocycles. The van der Waals surface area contributed by atoms with Gasteiger partial charge in [0, 0.05) is 57.0 Å². The number of rotatable bonds is 7. The third-order valence-corrected chi connectivity index (χ3v) is 5.64. The first kappa shape index (κ1) is 22.7. The van der Waals surface area contributed by atoms with Gasteiger partial charge in [0.15, 0.2) is 11.6 Å². The van der Waals surface area contributed by atoms with Gasteiger partial charge in [-0.3, -0.25) is 14.9 Å². The number of hydrogen-bond acceptors (Lipinski definition) is 6. The summed E-state index contributed by atoms with van der Waals surface area (Å²) in [4.78, 5) is 40.3. The van der Waals surface area contributed by atoms with Gasteiger partial charge < -0.3 is 24.6 Å². The second-order valence-corrected chi connectivity index (χ2v) is 7.78. The van der Waals surface area contributed by atoms with E-state index in [-0.39, 0.29) is 24.7 Å². The minimum atomic E-state index is -1.29. The summed E-state index contributed by atoms with van der Waals surface area (Å²) in [5.74, 6) is -3.44. The summed E-state index contributed by atoms with van der Waals surface area (Å²) >= 11 is 0. The molecule has 0 bridgehead atoms. The number of methoxy groups -OCH3 is 2. The number of halogens is 2. The molecule has 0 unspecified atom stereocenters. The summed E-state index contributed by atoms with van der Waals surface area (Å²) in [6.45, 7) is 3.25. The van der Waals surface area contributed by atoms with Crippen LogP contribution in [0, 0.1) is 17.6 Å². The van der Waals surface area contributed by atoms with Gasteiger partial charge in [-0.05, 0) is 6.42 Å². The summed E-state index contributed by atoms with van der Waals surface area (Å²) in [6, 6.07) is 1.92. The lowest BCUT2D eigenvalue weighted by Gasteiger charge is -2.38. The van der Waals surface area contributed by atoms with Crippen molar-refractivity contribution in [2.45, 2.75) is 18.9 Å². The van der Waals surface area contributed by atoms with Crippen LogP contribution in [-0.4, -0.2) is 75.3 Å². The third kappa shape index (κ3) is 4.55. The largest absolute Gasteiger partial charge is 0.493 e. The van der Waals surface area contributed by atoms with Gasteiger partial charge in [-0.25, -0.2) is 9.18 Å². The summed E-state index contributed by atoms with van der Waals surface area (Å²) in [7, 11) is 2.68. The average molecular weight is 440 g/mol. The Morgan fingerprint density at radius 2 is 1.87 bits per heavy atom. The Balaban J connectivity index is 1.63. The van der Waals surface area contributed by atoms with Crippen molar-refractivity contribution in [1.82, 2.24) is 15.5 Å². The van der Waals surface area contributed by atoms with E-state index in [2.05, 4.69) is 10.6 Å². The molecule has 0 saturated carbocycles. The summed E-state index contributed by atoms with van der Waals surface area (Å²) in [5, 5.41) is 4.76. The van der Waals surface area contributed by atoms with E-state index in [9.17, 15) is 23.2 Å². The highest BCUT2D eigenvalue weighted by molar-refractivity contribution is 6.07. The molecule has 0 aromatic heterocycles. The molecule has 11 heteroatoms. The number of carbonyl (C=O) groups excluding carboxylic acids is 3. The van der Waals surface area contributed by atoms with Crippen LogP contribution < -0.4 is 20.3 Å². The SMILES string of the molecule is COC[C@]1(C[C@H](C)C(=O)N2CCN(c3cc(F)c(F)c(OC)c3)CC2)NC(=O)NC1=O. The van der Waals surface area contributed by atoms with E-state index >= 15 is 0 Å². The first-order valence-electron chi connectivity index (χ1n) is 9.90. The molecule has 1 aromatic rings. The third-order valence-electron chi connectivity index (χ3n) is 5.64. The number of ether oxygens (including phenoxy) is 2. The number of anilines is 1. The van der Waals surface area contributed by atoms with Gasteiger partial charge in [0.1, 0.15) is 5.54 Å². The maximum absolute atomic E-state index is 13.8. The molecule has 2 saturated heterocycles. The van der Waals surface area contributed by atoms with Crippen LogP contribution in [0.15, 0.2) is 12.1 Å². The van der Waals surface area contributed by atoms with Crippen molar-refractivity contribution in [2.24, 2.45) is 5.92 Å². The number of hydrogen-bond donors (Lipinski definition) is 2. The van der Waals surface area contributed by atoms with E-state index < -0.39 is 35.0 Å². The minimum absolute atomic E-state index is 0.0477. The van der Waals surface area contributed by atoms with Crippen LogP contribution in [0.1, 0.15) is 13.3 Å². The van der Waals surface area contributed by atoms with Crippen molar-refractivity contribution >= 4 is 23.5 Å². The molecule has 4 amide bonds. The van der Waals surface area contributed by atoms with Crippen LogP contribution in [0.4, 0.5) is 19.3 Å². The minimum Gasteiger partial charge on any atom is -0.493 e. The number of imide groups is 1. The molecular weight excluding hydrogens is 414 g/mol. The molecule has 2 atom stereocenters. The molecule has 0 radical (unpaired) electrons. The predicted molar refractivity (Wildman–Crippen MR) is 107 cm³/mol. The fourth-order valence-electron chi connectivity index (χ4n) is 4.07. The Kier molecular flexibility index (Phi) is 6.63. The summed E-state index contributed by atoms with van der Waals surface area (Å²) in [5.41, 5.74) is -0.814. The quantitative estimate of drug-likeness (QED) is 0.611. The second kappa shape index (κ2) is 9.04. The molecule has 2 N–H and O–H groups in total. The van der Waals surface area contributed by atoms with E-state index in [1.807, 2.05) is 4.90 Å². The zero-order valence-electron chi connectivity index (χ0n) is 17.7. The van der Waals surface area contributed by atoms with Crippen molar-refractivity contribution in [3.8, 4) is 5.75 Å². The van der Waals surface area contributed by atoms with E-state index in [4.69, 9.17) is 9.47 Å². The molecule has 0 spiro atoms. The fraction of sp³-hybridized carbons (Fsp3) is 0.550. The van der Waals surface area contributed by atoms with Gasteiger partial charge in [0.05, 0.1) is 13.7 Å². The van der Waals surface area contributed by atoms with Gasteiger partial charge >= 0.3 is 6.03 Å². The molecule has 3 rings (SSSR count). The zero-order chi connectivity index (χ0) is 22.8. The van der Waals surface area contributed by atoms with Crippen LogP contribution in [0.3, 0.4) is 0 Å². The normalized spacial score (nSPS) is 22.2. The fourth-order valence-corrected chi connectivity index (χ4v) is 4.07. The van der Waals surface area contributed by atoms with Crippen LogP contribution in [0.5, 0.6) is 5.75 Å². The average Bonchev–Trinajstić information content (AvgIpc) is 3.02. The monoisotopic (exact) mass is 440 g/mol. The standard InChI is InChI=1S/C20H26F2N4O5/c1-12(10-20(11-30-2)18(28)23-19(29)24-20)17(27)26-6-4-25(5-7-26)13-8-14(21)16(22)15(9-13)31-3/h8-9,12H,4-7,10-11H2,1-3H3,(H2,23,24,28,29)/t12-,20-/m0/s1. The molecule has 170 valence electrons. The van der Waals surface area contributed by atoms with E-state index in [1.54, 1.807) is 11.8 Å². The topological polar surface area (TPSA) is 100 Å². The van der Waals surface area contributed by atoms with Gasteiger partial charge in [-0.1, -0.05) is 6.92 Å². The number of carbonyl (C=O) groups is 3. The summed E-state index contributed by atoms with van der Waals surface area (Å²) < 4.78 is 37.5. The lowest BCUT2D eigenvalue weighted by atomic mass is 9.88. The van der Waals surface area contributed by atoms with Gasteiger partial charge in [-0.15, -0.1) is 0 Å². The second-order valence-electron chi connectivity index (χ2n) is 7.78. The number of amides is 4. The Labute approximate surface area is 178 Å². The molecular formula is C20H26F2N4O5. The van der Waals surface area contributed by atoms with Crippen LogP contribution >= 0.6 is 0 Å². The van der Waals surface area contributed by atoms with Crippen molar-refractivity contribution in [1.29, 1.82) is 0 Å². The number of piperazine rings is 1. The number of urea groups is 1. The Bertz CT molecular complexity index is 875. The first-order valence-corrected chi connectivity index (χ1v) is 9.90. The molecule has 0 aliphatic carbocycles. The van der Waals surface area contributed by atoms with Gasteiger partial charge in [-0.2, -0.15) is 4.39 Å². The van der Waals surface area contributed by atoms with E-state index in [0.717, 1.165) is 6.07 Å². The van der Waals surface area contributed by atoms with Crippen molar-refractivity contribution in [3.05, 3.63) is 23.8 Å². The van der Waals surface area contributed by atoms with Gasteiger partial charge in [0.25, 0.3) is 5.91 Å². The van der Waals surface area contributed by atoms with Crippen LogP contribution in [0.2, 0.25) is 0 Å². The molecule has 2 fully saturated rings. The number of nitrogens with zero attached hydrogens (tertiary/aromatic N) is 2. The van der Waals surface area contributed by atoms with Crippen LogP contribution in [0.25, 0.3) is 0 Å². The Hall–Kier alpha value is -2.95. The lowest BCUT2D eigenvalue weighted by molar-refractivity contribution is -0.137. The molecule has 9 nitrogen and oxygen atoms in total. The van der Waals surface area contributed by atoms with Crippen LogP contribution in [-0.2, 0) is 14.3 Å². The highest BCUT2D eigenvalue weighted by atomic mass is 19.2. The van der Waals surface area contributed by atoms with Crippen molar-refractivity contribution < 1.29 is 32.6 Å². The van der Waals surface area contributed by atoms with E-state index in [0.29, 0.717) is 31.9 Å². The first-order chi connectivity index (χ1) is 14.7. The Morgan fingerprint density at radius 3 is 2.42 bits per heavy atom. The molecule has 2 aliphatic rings. The predicted octanol–water partition coefficient (Wildman–Crippen LogP) is 0.873. The number of benzene rings is 1. The lowest BCUT2D eigenvalue weighted by Crippen LogP contribution is -2.55. The Morgan fingerprint density at radius 1 is 1.19 bits per heavy atom. The molecule has 1 aromatic carbocycles. The van der Waals surface area contributed by atoms with E-state index in [1.165, 1.54) is 20.3 Å². The maximum atomic E-state index is 13.8. The summed E-state index contributed by atoms with van der Waals surface area (Å²) in [6.07, 6.45) is 0.0951. The smallest absolute Gasteiger partial charge is 0.322 e. The maximum Gasteiger partial charge on any atom is 0.322 e. The highest BCUT2D eigenvalue weighted by Gasteiger charge is 2.48.